The number of hydrogen-bond donors (Lipinski definition) is 1. The molecule has 1 N–H and O–H groups in total. The Balaban J connectivity index is 1.92. The molecular formula is C14H21NO3S2. The second kappa shape index (κ2) is 7.41. The lowest BCUT2D eigenvalue weighted by Crippen LogP contribution is -2.42. The highest BCUT2D eigenvalue weighted by Crippen LogP contribution is 2.29. The largest absolute Gasteiger partial charge is 0.481 e. The summed E-state index contributed by atoms with van der Waals surface area (Å²) >= 11 is 7.12. The first-order valence-electron chi connectivity index (χ1n) is 7.24. The maximum atomic E-state index is 12.5. The van der Waals surface area contributed by atoms with Crippen LogP contribution in [0.3, 0.4) is 0 Å². The third kappa shape index (κ3) is 3.95. The average Bonchev–Trinajstić information content (AvgIpc) is 2.93. The molecule has 112 valence electrons. The number of hydrogen-bond acceptors (Lipinski definition) is 4. The molecule has 4 nitrogen and oxygen atoms in total. The van der Waals surface area contributed by atoms with Crippen molar-refractivity contribution >= 4 is 40.7 Å². The standard InChI is InChI=1S/C14H21NO3S2/c16-12(17)7-6-11-8-20-9-15(11)14(19)13(18)10-4-2-1-3-5-10/h10-11H,1-9H2,(H,16,17). The van der Waals surface area contributed by atoms with Crippen LogP contribution in [0.1, 0.15) is 44.9 Å². The van der Waals surface area contributed by atoms with Gasteiger partial charge in [-0.25, -0.2) is 0 Å². The van der Waals surface area contributed by atoms with Gasteiger partial charge in [-0.1, -0.05) is 31.5 Å². The van der Waals surface area contributed by atoms with E-state index in [0.29, 0.717) is 11.4 Å². The molecule has 1 heterocycles. The zero-order valence-electron chi connectivity index (χ0n) is 11.5. The third-order valence-electron chi connectivity index (χ3n) is 4.12. The minimum Gasteiger partial charge on any atom is -0.481 e. The number of carboxylic acids is 1. The van der Waals surface area contributed by atoms with Crippen LogP contribution >= 0.6 is 24.0 Å². The number of carboxylic acid groups (broad SMARTS) is 1. The van der Waals surface area contributed by atoms with E-state index in [1.165, 1.54) is 6.42 Å². The Labute approximate surface area is 129 Å². The zero-order valence-corrected chi connectivity index (χ0v) is 13.2. The van der Waals surface area contributed by atoms with Gasteiger partial charge in [0.25, 0.3) is 0 Å². The fraction of sp³-hybridized carbons (Fsp3) is 0.786. The second-order valence-electron chi connectivity index (χ2n) is 5.56. The van der Waals surface area contributed by atoms with Crippen molar-refractivity contribution in [1.29, 1.82) is 0 Å². The first-order chi connectivity index (χ1) is 9.59. The lowest BCUT2D eigenvalue weighted by Gasteiger charge is -2.28. The van der Waals surface area contributed by atoms with Crippen LogP contribution in [0.4, 0.5) is 0 Å². The molecule has 2 fully saturated rings. The molecule has 20 heavy (non-hydrogen) atoms. The summed E-state index contributed by atoms with van der Waals surface area (Å²) in [5, 5.41) is 8.79. The smallest absolute Gasteiger partial charge is 0.303 e. The molecule has 1 aliphatic carbocycles. The van der Waals surface area contributed by atoms with E-state index in [1.807, 2.05) is 4.90 Å². The van der Waals surface area contributed by atoms with Crippen LogP contribution in [0.2, 0.25) is 0 Å². The Kier molecular flexibility index (Phi) is 5.84. The van der Waals surface area contributed by atoms with Gasteiger partial charge in [-0.3, -0.25) is 9.59 Å². The summed E-state index contributed by atoms with van der Waals surface area (Å²) in [5.74, 6) is 1.02. The minimum atomic E-state index is -0.786. The summed E-state index contributed by atoms with van der Waals surface area (Å²) in [7, 11) is 0. The van der Waals surface area contributed by atoms with Gasteiger partial charge in [-0.05, 0) is 19.3 Å². The second-order valence-corrected chi connectivity index (χ2v) is 6.95. The van der Waals surface area contributed by atoms with E-state index in [-0.39, 0.29) is 24.2 Å². The molecule has 1 atom stereocenters. The quantitative estimate of drug-likeness (QED) is 0.787. The van der Waals surface area contributed by atoms with E-state index in [2.05, 4.69) is 0 Å². The van der Waals surface area contributed by atoms with Crippen LogP contribution in [-0.2, 0) is 9.59 Å². The van der Waals surface area contributed by atoms with E-state index in [4.69, 9.17) is 17.3 Å². The van der Waals surface area contributed by atoms with Gasteiger partial charge < -0.3 is 10.0 Å². The summed E-state index contributed by atoms with van der Waals surface area (Å²) in [4.78, 5) is 25.5. The van der Waals surface area contributed by atoms with Gasteiger partial charge in [0.2, 0.25) is 0 Å². The number of carbonyl (C=O) groups is 2. The first kappa shape index (κ1) is 15.8. The molecule has 0 aromatic rings. The summed E-state index contributed by atoms with van der Waals surface area (Å²) in [6.07, 6.45) is 6.09. The third-order valence-corrected chi connectivity index (χ3v) is 5.64. The fourth-order valence-corrected chi connectivity index (χ4v) is 4.64. The first-order valence-corrected chi connectivity index (χ1v) is 8.80. The zero-order chi connectivity index (χ0) is 14.5. The normalized spacial score (nSPS) is 23.8. The SMILES string of the molecule is O=C(O)CCC1CSCN1C(=S)C(=O)C1CCCCC1. The number of carbonyl (C=O) groups excluding carboxylic acids is 1. The number of thioether (sulfide) groups is 1. The molecule has 2 aliphatic rings. The molecule has 1 saturated carbocycles. The average molecular weight is 315 g/mol. The molecule has 0 bridgehead atoms. The van der Waals surface area contributed by atoms with E-state index >= 15 is 0 Å². The van der Waals surface area contributed by atoms with Gasteiger partial charge in [-0.15, -0.1) is 11.8 Å². The van der Waals surface area contributed by atoms with Crippen molar-refractivity contribution in [3.8, 4) is 0 Å². The molecule has 0 aromatic carbocycles. The lowest BCUT2D eigenvalue weighted by molar-refractivity contribution is -0.137. The Hall–Kier alpha value is -0.620. The van der Waals surface area contributed by atoms with Crippen molar-refractivity contribution in [1.82, 2.24) is 4.90 Å². The summed E-state index contributed by atoms with van der Waals surface area (Å²) in [5.41, 5.74) is 0. The molecular weight excluding hydrogens is 294 g/mol. The van der Waals surface area contributed by atoms with E-state index in [1.54, 1.807) is 11.8 Å². The summed E-state index contributed by atoms with van der Waals surface area (Å²) < 4.78 is 0. The van der Waals surface area contributed by atoms with Crippen LogP contribution in [0.15, 0.2) is 0 Å². The van der Waals surface area contributed by atoms with Crippen LogP contribution in [0, 0.1) is 5.92 Å². The number of rotatable bonds is 5. The maximum absolute atomic E-state index is 12.5. The molecule has 2 rings (SSSR count). The fourth-order valence-electron chi connectivity index (χ4n) is 2.92. The molecule has 0 amide bonds. The Bertz CT molecular complexity index is 394. The molecule has 0 aromatic heterocycles. The molecule has 6 heteroatoms. The van der Waals surface area contributed by atoms with Gasteiger partial charge in [0.05, 0.1) is 5.88 Å². The van der Waals surface area contributed by atoms with Crippen molar-refractivity contribution in [3.05, 3.63) is 0 Å². The maximum Gasteiger partial charge on any atom is 0.303 e. The van der Waals surface area contributed by atoms with E-state index < -0.39 is 5.97 Å². The minimum absolute atomic E-state index is 0.0990. The number of ketones is 1. The lowest BCUT2D eigenvalue weighted by atomic mass is 9.86. The Morgan fingerprint density at radius 3 is 2.60 bits per heavy atom. The number of aliphatic carboxylic acids is 1. The van der Waals surface area contributed by atoms with Gasteiger partial charge in [0.15, 0.2) is 5.78 Å². The van der Waals surface area contributed by atoms with Crippen molar-refractivity contribution in [3.63, 3.8) is 0 Å². The summed E-state index contributed by atoms with van der Waals surface area (Å²) in [6.45, 7) is 0. The van der Waals surface area contributed by atoms with Crippen LogP contribution in [0.5, 0.6) is 0 Å². The molecule has 0 spiro atoms. The predicted molar refractivity (Wildman–Crippen MR) is 84.0 cm³/mol. The van der Waals surface area contributed by atoms with E-state index in [0.717, 1.165) is 37.3 Å². The number of nitrogens with zero attached hydrogens (tertiary/aromatic N) is 1. The monoisotopic (exact) mass is 315 g/mol. The Morgan fingerprint density at radius 2 is 1.95 bits per heavy atom. The highest BCUT2D eigenvalue weighted by Gasteiger charge is 2.33. The molecule has 1 unspecified atom stereocenters. The number of Topliss-reactive ketones (excluding diaryl/α,β-unsaturated/α-hetero) is 1. The van der Waals surface area contributed by atoms with Gasteiger partial charge in [-0.2, -0.15) is 0 Å². The molecule has 1 saturated heterocycles. The van der Waals surface area contributed by atoms with Crippen molar-refractivity contribution < 1.29 is 14.7 Å². The van der Waals surface area contributed by atoms with E-state index in [9.17, 15) is 9.59 Å². The van der Waals surface area contributed by atoms with Crippen LogP contribution in [-0.4, -0.2) is 44.4 Å². The van der Waals surface area contributed by atoms with Crippen LogP contribution in [0.25, 0.3) is 0 Å². The van der Waals surface area contributed by atoms with Gasteiger partial charge in [0, 0.05) is 24.1 Å². The van der Waals surface area contributed by atoms with Crippen molar-refractivity contribution in [2.45, 2.75) is 51.0 Å². The van der Waals surface area contributed by atoms with Crippen molar-refractivity contribution in [2.24, 2.45) is 5.92 Å². The molecule has 0 radical (unpaired) electrons. The van der Waals surface area contributed by atoms with Crippen LogP contribution < -0.4 is 0 Å². The molecule has 1 aliphatic heterocycles. The Morgan fingerprint density at radius 1 is 1.25 bits per heavy atom. The highest BCUT2D eigenvalue weighted by atomic mass is 32.2. The summed E-state index contributed by atoms with van der Waals surface area (Å²) in [6, 6.07) is 0.108. The van der Waals surface area contributed by atoms with Gasteiger partial charge >= 0.3 is 5.97 Å². The number of thiocarbonyl (C=S) groups is 1. The topological polar surface area (TPSA) is 57.6 Å². The predicted octanol–water partition coefficient (Wildman–Crippen LogP) is 2.70. The van der Waals surface area contributed by atoms with Gasteiger partial charge in [0.1, 0.15) is 4.99 Å². The highest BCUT2D eigenvalue weighted by molar-refractivity contribution is 7.99. The van der Waals surface area contributed by atoms with Crippen molar-refractivity contribution in [2.75, 3.05) is 11.6 Å².